The molecule has 0 heterocycles. The lowest BCUT2D eigenvalue weighted by Crippen LogP contribution is -2.39. The van der Waals surface area contributed by atoms with Gasteiger partial charge >= 0.3 is 0 Å². The van der Waals surface area contributed by atoms with Gasteiger partial charge in [-0.05, 0) is 30.4 Å². The van der Waals surface area contributed by atoms with Crippen LogP contribution in [-0.2, 0) is 13.0 Å². The summed E-state index contributed by atoms with van der Waals surface area (Å²) in [7, 11) is 0. The third-order valence-corrected chi connectivity index (χ3v) is 4.25. The molecule has 2 rings (SSSR count). The quantitative estimate of drug-likeness (QED) is 0.796. The molecule has 1 fully saturated rings. The Hall–Kier alpha value is -0.860. The molecule has 0 aliphatic heterocycles. The van der Waals surface area contributed by atoms with Crippen molar-refractivity contribution < 1.29 is 5.11 Å². The summed E-state index contributed by atoms with van der Waals surface area (Å²) in [6.07, 6.45) is 7.89. The van der Waals surface area contributed by atoms with E-state index in [-0.39, 0.29) is 0 Å². The molecule has 1 saturated carbocycles. The normalized spacial score (nSPS) is 19.1. The van der Waals surface area contributed by atoms with Crippen molar-refractivity contribution in [1.82, 2.24) is 5.32 Å². The molecule has 0 saturated heterocycles. The van der Waals surface area contributed by atoms with E-state index < -0.39 is 5.60 Å². The van der Waals surface area contributed by atoms with Crippen LogP contribution in [0.5, 0.6) is 0 Å². The molecular formula is C17H27NO. The number of aryl methyl sites for hydroxylation is 1. The molecule has 2 N–H and O–H groups in total. The molecule has 0 amide bonds. The molecule has 1 aliphatic carbocycles. The van der Waals surface area contributed by atoms with E-state index in [0.29, 0.717) is 0 Å². The number of hydrogen-bond donors (Lipinski definition) is 2. The second-order valence-corrected chi connectivity index (χ2v) is 5.91. The SMILES string of the molecule is CCc1ccc(CNCC2(O)CCCCCC2)cc1. The van der Waals surface area contributed by atoms with Crippen LogP contribution >= 0.6 is 0 Å². The Labute approximate surface area is 117 Å². The van der Waals surface area contributed by atoms with Gasteiger partial charge in [0.25, 0.3) is 0 Å². The van der Waals surface area contributed by atoms with Crippen molar-refractivity contribution in [2.45, 2.75) is 64.0 Å². The maximum Gasteiger partial charge on any atom is 0.0771 e. The Balaban J connectivity index is 1.78. The first-order chi connectivity index (χ1) is 9.22. The molecule has 19 heavy (non-hydrogen) atoms. The van der Waals surface area contributed by atoms with E-state index in [0.717, 1.165) is 32.4 Å². The summed E-state index contributed by atoms with van der Waals surface area (Å²) in [6.45, 7) is 3.75. The Morgan fingerprint density at radius 1 is 1.00 bits per heavy atom. The molecule has 0 unspecified atom stereocenters. The van der Waals surface area contributed by atoms with Crippen molar-refractivity contribution in [3.8, 4) is 0 Å². The number of aliphatic hydroxyl groups is 1. The van der Waals surface area contributed by atoms with E-state index in [9.17, 15) is 5.11 Å². The fourth-order valence-electron chi connectivity index (χ4n) is 2.90. The highest BCUT2D eigenvalue weighted by molar-refractivity contribution is 5.22. The molecule has 1 aromatic rings. The zero-order valence-electron chi connectivity index (χ0n) is 12.1. The highest BCUT2D eigenvalue weighted by Crippen LogP contribution is 2.26. The van der Waals surface area contributed by atoms with Gasteiger partial charge in [0.05, 0.1) is 5.60 Å². The van der Waals surface area contributed by atoms with Gasteiger partial charge in [-0.15, -0.1) is 0 Å². The van der Waals surface area contributed by atoms with Gasteiger partial charge in [-0.2, -0.15) is 0 Å². The molecule has 2 heteroatoms. The van der Waals surface area contributed by atoms with Crippen LogP contribution in [0.4, 0.5) is 0 Å². The van der Waals surface area contributed by atoms with Crippen molar-refractivity contribution in [3.63, 3.8) is 0 Å². The molecule has 0 aromatic heterocycles. The van der Waals surface area contributed by atoms with Gasteiger partial charge in [0.2, 0.25) is 0 Å². The van der Waals surface area contributed by atoms with Gasteiger partial charge in [0.15, 0.2) is 0 Å². The molecule has 0 bridgehead atoms. The average Bonchev–Trinajstić information content (AvgIpc) is 2.65. The summed E-state index contributed by atoms with van der Waals surface area (Å²) >= 11 is 0. The number of rotatable bonds is 5. The molecule has 1 aromatic carbocycles. The Morgan fingerprint density at radius 2 is 1.58 bits per heavy atom. The van der Waals surface area contributed by atoms with Crippen LogP contribution < -0.4 is 5.32 Å². The predicted octanol–water partition coefficient (Wildman–Crippen LogP) is 3.42. The minimum Gasteiger partial charge on any atom is -0.389 e. The van der Waals surface area contributed by atoms with E-state index in [4.69, 9.17) is 0 Å². The largest absolute Gasteiger partial charge is 0.389 e. The summed E-state index contributed by atoms with van der Waals surface area (Å²) < 4.78 is 0. The van der Waals surface area contributed by atoms with Gasteiger partial charge in [-0.1, -0.05) is 56.9 Å². The molecule has 0 radical (unpaired) electrons. The van der Waals surface area contributed by atoms with Crippen LogP contribution in [0.15, 0.2) is 24.3 Å². The van der Waals surface area contributed by atoms with Gasteiger partial charge in [-0.25, -0.2) is 0 Å². The molecular weight excluding hydrogens is 234 g/mol. The summed E-state index contributed by atoms with van der Waals surface area (Å²) in [5.74, 6) is 0. The Bertz CT molecular complexity index is 363. The Morgan fingerprint density at radius 3 is 2.16 bits per heavy atom. The van der Waals surface area contributed by atoms with Crippen molar-refractivity contribution in [2.75, 3.05) is 6.54 Å². The highest BCUT2D eigenvalue weighted by Gasteiger charge is 2.27. The van der Waals surface area contributed by atoms with Crippen LogP contribution in [0.25, 0.3) is 0 Å². The maximum absolute atomic E-state index is 10.5. The van der Waals surface area contributed by atoms with Crippen molar-refractivity contribution >= 4 is 0 Å². The maximum atomic E-state index is 10.5. The van der Waals surface area contributed by atoms with Crippen LogP contribution in [0.3, 0.4) is 0 Å². The summed E-state index contributed by atoms with van der Waals surface area (Å²) in [5.41, 5.74) is 2.21. The lowest BCUT2D eigenvalue weighted by atomic mass is 9.94. The lowest BCUT2D eigenvalue weighted by Gasteiger charge is -2.27. The third kappa shape index (κ3) is 4.63. The van der Waals surface area contributed by atoms with Crippen molar-refractivity contribution in [2.24, 2.45) is 0 Å². The van der Waals surface area contributed by atoms with Crippen LogP contribution in [0, 0.1) is 0 Å². The fourth-order valence-corrected chi connectivity index (χ4v) is 2.90. The van der Waals surface area contributed by atoms with Gasteiger partial charge < -0.3 is 10.4 Å². The first-order valence-corrected chi connectivity index (χ1v) is 7.73. The number of nitrogens with one attached hydrogen (secondary N) is 1. The average molecular weight is 261 g/mol. The summed E-state index contributed by atoms with van der Waals surface area (Å²) in [6, 6.07) is 8.75. The van der Waals surface area contributed by atoms with Crippen molar-refractivity contribution in [1.29, 1.82) is 0 Å². The second kappa shape index (κ2) is 7.06. The van der Waals surface area contributed by atoms with Crippen molar-refractivity contribution in [3.05, 3.63) is 35.4 Å². The lowest BCUT2D eigenvalue weighted by molar-refractivity contribution is 0.0250. The smallest absolute Gasteiger partial charge is 0.0771 e. The topological polar surface area (TPSA) is 32.3 Å². The van der Waals surface area contributed by atoms with Gasteiger partial charge in [-0.3, -0.25) is 0 Å². The first kappa shape index (κ1) is 14.5. The minimum atomic E-state index is -0.472. The van der Waals surface area contributed by atoms with Crippen LogP contribution in [0.2, 0.25) is 0 Å². The summed E-state index contributed by atoms with van der Waals surface area (Å²) in [5, 5.41) is 14.0. The zero-order valence-corrected chi connectivity index (χ0v) is 12.1. The van der Waals surface area contributed by atoms with E-state index >= 15 is 0 Å². The monoisotopic (exact) mass is 261 g/mol. The van der Waals surface area contributed by atoms with Gasteiger partial charge in [0.1, 0.15) is 0 Å². The molecule has 1 aliphatic rings. The van der Waals surface area contributed by atoms with E-state index in [1.54, 1.807) is 0 Å². The molecule has 0 atom stereocenters. The predicted molar refractivity (Wildman–Crippen MR) is 80.2 cm³/mol. The highest BCUT2D eigenvalue weighted by atomic mass is 16.3. The second-order valence-electron chi connectivity index (χ2n) is 5.91. The Kier molecular flexibility index (Phi) is 5.41. The van der Waals surface area contributed by atoms with E-state index in [2.05, 4.69) is 36.5 Å². The molecule has 106 valence electrons. The molecule has 2 nitrogen and oxygen atoms in total. The third-order valence-electron chi connectivity index (χ3n) is 4.25. The van der Waals surface area contributed by atoms with Crippen LogP contribution in [0.1, 0.15) is 56.6 Å². The number of benzene rings is 1. The zero-order chi connectivity index (χ0) is 13.6. The fraction of sp³-hybridized carbons (Fsp3) is 0.647. The minimum absolute atomic E-state index is 0.472. The van der Waals surface area contributed by atoms with Crippen LogP contribution in [-0.4, -0.2) is 17.3 Å². The first-order valence-electron chi connectivity index (χ1n) is 7.73. The van der Waals surface area contributed by atoms with E-state index in [1.165, 1.54) is 36.8 Å². The van der Waals surface area contributed by atoms with Gasteiger partial charge in [0, 0.05) is 13.1 Å². The number of hydrogen-bond acceptors (Lipinski definition) is 2. The standard InChI is InChI=1S/C17H27NO/c1-2-15-7-9-16(10-8-15)13-18-14-17(19)11-5-3-4-6-12-17/h7-10,18-19H,2-6,11-14H2,1H3. The molecule has 0 spiro atoms. The van der Waals surface area contributed by atoms with E-state index in [1.807, 2.05) is 0 Å². The summed E-state index contributed by atoms with van der Waals surface area (Å²) in [4.78, 5) is 0.